The van der Waals surface area contributed by atoms with Crippen LogP contribution in [0.3, 0.4) is 0 Å². The smallest absolute Gasteiger partial charge is 0.335 e. The number of hydrogen-bond donors (Lipinski definition) is 2. The highest BCUT2D eigenvalue weighted by Gasteiger charge is 2.09. The van der Waals surface area contributed by atoms with Crippen LogP contribution >= 0.6 is 27.3 Å². The molecule has 100 valence electrons. The van der Waals surface area contributed by atoms with Crippen LogP contribution in [0.4, 0.5) is 0 Å². The molecule has 0 spiro atoms. The maximum absolute atomic E-state index is 10.9. The van der Waals surface area contributed by atoms with E-state index in [0.29, 0.717) is 12.1 Å². The van der Waals surface area contributed by atoms with Gasteiger partial charge in [-0.3, -0.25) is 0 Å². The van der Waals surface area contributed by atoms with Gasteiger partial charge in [-0.15, -0.1) is 11.3 Å². The van der Waals surface area contributed by atoms with Crippen LogP contribution < -0.4 is 5.32 Å². The van der Waals surface area contributed by atoms with Gasteiger partial charge in [0.15, 0.2) is 0 Å². The van der Waals surface area contributed by atoms with Crippen molar-refractivity contribution < 1.29 is 9.90 Å². The maximum atomic E-state index is 10.9. The van der Waals surface area contributed by atoms with Gasteiger partial charge in [-0.2, -0.15) is 0 Å². The molecule has 2 N–H and O–H groups in total. The van der Waals surface area contributed by atoms with Crippen molar-refractivity contribution in [2.45, 2.75) is 19.5 Å². The quantitative estimate of drug-likeness (QED) is 0.863. The lowest BCUT2D eigenvalue weighted by Gasteiger charge is -2.13. The molecule has 1 heterocycles. The van der Waals surface area contributed by atoms with Crippen molar-refractivity contribution in [1.29, 1.82) is 0 Å². The first-order valence-corrected chi connectivity index (χ1v) is 7.53. The maximum Gasteiger partial charge on any atom is 0.335 e. The average Bonchev–Trinajstić information content (AvgIpc) is 2.90. The zero-order valence-corrected chi connectivity index (χ0v) is 12.8. The lowest BCUT2D eigenvalue weighted by Crippen LogP contribution is -2.17. The molecule has 1 unspecified atom stereocenters. The largest absolute Gasteiger partial charge is 0.478 e. The van der Waals surface area contributed by atoms with E-state index in [0.717, 1.165) is 10.0 Å². The highest BCUT2D eigenvalue weighted by atomic mass is 79.9. The van der Waals surface area contributed by atoms with E-state index in [1.807, 2.05) is 12.1 Å². The van der Waals surface area contributed by atoms with Gasteiger partial charge in [0.05, 0.1) is 5.56 Å². The van der Waals surface area contributed by atoms with E-state index in [1.54, 1.807) is 23.5 Å². The molecule has 0 aliphatic heterocycles. The van der Waals surface area contributed by atoms with Gasteiger partial charge in [-0.25, -0.2) is 4.79 Å². The summed E-state index contributed by atoms with van der Waals surface area (Å²) in [5.74, 6) is -0.910. The van der Waals surface area contributed by atoms with Gasteiger partial charge >= 0.3 is 5.97 Å². The molecule has 1 aromatic carbocycles. The van der Waals surface area contributed by atoms with Crippen molar-refractivity contribution in [3.63, 3.8) is 0 Å². The van der Waals surface area contributed by atoms with Crippen molar-refractivity contribution in [3.8, 4) is 0 Å². The van der Waals surface area contributed by atoms with Crippen LogP contribution in [-0.2, 0) is 6.54 Å². The predicted octanol–water partition coefficient (Wildman–Crippen LogP) is 4.06. The minimum atomic E-state index is -0.910. The molecule has 0 saturated heterocycles. The molecule has 0 bridgehead atoms. The van der Waals surface area contributed by atoms with Crippen molar-refractivity contribution in [1.82, 2.24) is 5.32 Å². The van der Waals surface area contributed by atoms with Crippen LogP contribution in [0.25, 0.3) is 0 Å². The van der Waals surface area contributed by atoms with Gasteiger partial charge in [0, 0.05) is 21.9 Å². The summed E-state index contributed by atoms with van der Waals surface area (Å²) >= 11 is 5.14. The van der Waals surface area contributed by atoms with Crippen LogP contribution in [-0.4, -0.2) is 11.1 Å². The first kappa shape index (κ1) is 14.2. The fourth-order valence-electron chi connectivity index (χ4n) is 1.73. The van der Waals surface area contributed by atoms with Crippen LogP contribution in [0.15, 0.2) is 40.2 Å². The Balaban J connectivity index is 2.02. The molecule has 0 amide bonds. The number of carbonyl (C=O) groups is 1. The van der Waals surface area contributed by atoms with E-state index in [1.165, 1.54) is 4.88 Å². The molecule has 0 fully saturated rings. The number of nitrogens with one attached hydrogen (secondary N) is 1. The Hall–Kier alpha value is -1.17. The molecule has 1 atom stereocenters. The van der Waals surface area contributed by atoms with E-state index < -0.39 is 5.97 Å². The summed E-state index contributed by atoms with van der Waals surface area (Å²) in [6, 6.07) is 9.52. The molecule has 0 aliphatic carbocycles. The molecule has 2 rings (SSSR count). The number of halogens is 1. The minimum absolute atomic E-state index is 0.283. The van der Waals surface area contributed by atoms with E-state index in [4.69, 9.17) is 5.11 Å². The molecule has 19 heavy (non-hydrogen) atoms. The zero-order valence-electron chi connectivity index (χ0n) is 10.4. The van der Waals surface area contributed by atoms with E-state index in [2.05, 4.69) is 39.6 Å². The Morgan fingerprint density at radius 2 is 2.26 bits per heavy atom. The molecular formula is C14H14BrNO2S. The number of benzene rings is 1. The van der Waals surface area contributed by atoms with Gasteiger partial charge in [-0.05, 0) is 36.1 Å². The van der Waals surface area contributed by atoms with Crippen LogP contribution in [0.1, 0.15) is 33.8 Å². The third-order valence-corrected chi connectivity index (χ3v) is 4.66. The summed E-state index contributed by atoms with van der Waals surface area (Å²) in [7, 11) is 0. The fourth-order valence-corrected chi connectivity index (χ4v) is 3.00. The number of rotatable bonds is 5. The minimum Gasteiger partial charge on any atom is -0.478 e. The number of aromatic carboxylic acids is 1. The number of carboxylic acids is 1. The van der Waals surface area contributed by atoms with Crippen molar-refractivity contribution in [2.75, 3.05) is 0 Å². The normalized spacial score (nSPS) is 12.3. The van der Waals surface area contributed by atoms with Gasteiger partial charge in [-0.1, -0.05) is 28.1 Å². The van der Waals surface area contributed by atoms with E-state index in [9.17, 15) is 4.79 Å². The first-order chi connectivity index (χ1) is 9.08. The SMILES string of the molecule is CC(NCc1ccc(C(=O)O)cc1Br)c1cccs1. The molecule has 0 aliphatic rings. The van der Waals surface area contributed by atoms with Crippen molar-refractivity contribution in [2.24, 2.45) is 0 Å². The second kappa shape index (κ2) is 6.32. The van der Waals surface area contributed by atoms with Crippen LogP contribution in [0.5, 0.6) is 0 Å². The van der Waals surface area contributed by atoms with Gasteiger partial charge in [0.2, 0.25) is 0 Å². The summed E-state index contributed by atoms with van der Waals surface area (Å²) in [6.07, 6.45) is 0. The number of carboxylic acid groups (broad SMARTS) is 1. The third kappa shape index (κ3) is 3.65. The predicted molar refractivity (Wildman–Crippen MR) is 80.7 cm³/mol. The molecule has 3 nitrogen and oxygen atoms in total. The second-order valence-electron chi connectivity index (χ2n) is 4.23. The summed E-state index contributed by atoms with van der Waals surface area (Å²) in [5, 5.41) is 14.4. The summed E-state index contributed by atoms with van der Waals surface area (Å²) in [5.41, 5.74) is 1.34. The van der Waals surface area contributed by atoms with Gasteiger partial charge in [0.25, 0.3) is 0 Å². The fraction of sp³-hybridized carbons (Fsp3) is 0.214. The number of hydrogen-bond acceptors (Lipinski definition) is 3. The first-order valence-electron chi connectivity index (χ1n) is 5.86. The molecule has 1 aromatic heterocycles. The van der Waals surface area contributed by atoms with Crippen molar-refractivity contribution in [3.05, 3.63) is 56.2 Å². The third-order valence-electron chi connectivity index (χ3n) is 2.87. The lowest BCUT2D eigenvalue weighted by atomic mass is 10.1. The topological polar surface area (TPSA) is 49.3 Å². The Morgan fingerprint density at radius 1 is 1.47 bits per heavy atom. The van der Waals surface area contributed by atoms with E-state index >= 15 is 0 Å². The monoisotopic (exact) mass is 339 g/mol. The number of thiophene rings is 1. The lowest BCUT2D eigenvalue weighted by molar-refractivity contribution is 0.0697. The van der Waals surface area contributed by atoms with Gasteiger partial charge in [0.1, 0.15) is 0 Å². The Bertz CT molecular complexity index is 569. The van der Waals surface area contributed by atoms with E-state index in [-0.39, 0.29) is 6.04 Å². The summed E-state index contributed by atoms with van der Waals surface area (Å²) in [4.78, 5) is 12.1. The highest BCUT2D eigenvalue weighted by molar-refractivity contribution is 9.10. The molecule has 5 heteroatoms. The summed E-state index contributed by atoms with van der Waals surface area (Å²) < 4.78 is 0.818. The van der Waals surface area contributed by atoms with Crippen LogP contribution in [0, 0.1) is 0 Å². The summed E-state index contributed by atoms with van der Waals surface area (Å²) in [6.45, 7) is 2.81. The Kier molecular flexibility index (Phi) is 4.74. The van der Waals surface area contributed by atoms with Crippen molar-refractivity contribution >= 4 is 33.2 Å². The Labute approximate surface area is 124 Å². The van der Waals surface area contributed by atoms with Gasteiger partial charge < -0.3 is 10.4 Å². The Morgan fingerprint density at radius 3 is 2.84 bits per heavy atom. The standard InChI is InChI=1S/C14H14BrNO2S/c1-9(13-3-2-6-19-13)16-8-11-5-4-10(14(17)18)7-12(11)15/h2-7,9,16H,8H2,1H3,(H,17,18). The van der Waals surface area contributed by atoms with Crippen LogP contribution in [0.2, 0.25) is 0 Å². The highest BCUT2D eigenvalue weighted by Crippen LogP contribution is 2.22. The average molecular weight is 340 g/mol. The molecular weight excluding hydrogens is 326 g/mol. The molecule has 2 aromatic rings. The molecule has 0 radical (unpaired) electrons. The zero-order chi connectivity index (χ0) is 13.8. The molecule has 0 saturated carbocycles. The second-order valence-corrected chi connectivity index (χ2v) is 6.06.